The largest absolute Gasteiger partial charge is 0.433 e. The van der Waals surface area contributed by atoms with E-state index < -0.39 is 28.1 Å². The number of hydrogen-bond acceptors (Lipinski definition) is 4. The minimum absolute atomic E-state index is 0.132. The zero-order valence-corrected chi connectivity index (χ0v) is 13.9. The lowest BCUT2D eigenvalue weighted by atomic mass is 10.2. The van der Waals surface area contributed by atoms with Gasteiger partial charge in [-0.05, 0) is 36.7 Å². The lowest BCUT2D eigenvalue weighted by molar-refractivity contribution is -0.143. The molecule has 0 spiro atoms. The van der Waals surface area contributed by atoms with Gasteiger partial charge in [0.05, 0.1) is 16.1 Å². The molecule has 0 amide bonds. The van der Waals surface area contributed by atoms with Crippen molar-refractivity contribution in [3.05, 3.63) is 55.4 Å². The average molecular weight is 376 g/mol. The molecule has 0 aliphatic carbocycles. The summed E-state index contributed by atoms with van der Waals surface area (Å²) in [4.78, 5) is 24.6. The van der Waals surface area contributed by atoms with Crippen LogP contribution in [0.15, 0.2) is 27.8 Å². The number of fused-ring (bicyclic) bond motifs is 1. The Hall–Kier alpha value is -2.13. The van der Waals surface area contributed by atoms with E-state index in [9.17, 15) is 22.8 Å². The van der Waals surface area contributed by atoms with Crippen LogP contribution < -0.4 is 11.2 Å². The molecule has 0 atom stereocenters. The second-order valence-corrected chi connectivity index (χ2v) is 6.27. The zero-order chi connectivity index (χ0) is 17.8. The van der Waals surface area contributed by atoms with Gasteiger partial charge in [0.15, 0.2) is 5.69 Å². The van der Waals surface area contributed by atoms with E-state index in [1.54, 1.807) is 13.0 Å². The molecule has 2 aromatic heterocycles. The Bertz CT molecular complexity index is 1040. The average Bonchev–Trinajstić information content (AvgIpc) is 2.86. The highest BCUT2D eigenvalue weighted by Crippen LogP contribution is 2.32. The quantitative estimate of drug-likeness (QED) is 0.656. The van der Waals surface area contributed by atoms with E-state index in [2.05, 4.69) is 4.37 Å². The fourth-order valence-electron chi connectivity index (χ4n) is 2.41. The fraction of sp³-hybridized carbons (Fsp3) is 0.214. The molecule has 0 fully saturated rings. The fourth-order valence-corrected chi connectivity index (χ4v) is 3.49. The van der Waals surface area contributed by atoms with Gasteiger partial charge in [-0.1, -0.05) is 11.6 Å². The van der Waals surface area contributed by atoms with Crippen molar-refractivity contribution in [2.24, 2.45) is 7.05 Å². The number of aromatic nitrogens is 3. The Kier molecular flexibility index (Phi) is 3.80. The van der Waals surface area contributed by atoms with Crippen LogP contribution in [0.1, 0.15) is 11.4 Å². The first-order valence-electron chi connectivity index (χ1n) is 6.58. The highest BCUT2D eigenvalue weighted by atomic mass is 35.5. The Morgan fingerprint density at radius 1 is 1.25 bits per heavy atom. The molecule has 5 nitrogen and oxygen atoms in total. The van der Waals surface area contributed by atoms with Crippen LogP contribution in [0.4, 0.5) is 13.2 Å². The normalized spacial score (nSPS) is 12.1. The third kappa shape index (κ3) is 2.44. The van der Waals surface area contributed by atoms with Crippen molar-refractivity contribution < 1.29 is 13.2 Å². The smallest absolute Gasteiger partial charge is 0.291 e. The van der Waals surface area contributed by atoms with E-state index in [0.29, 0.717) is 20.2 Å². The van der Waals surface area contributed by atoms with Gasteiger partial charge in [0, 0.05) is 12.4 Å². The zero-order valence-electron chi connectivity index (χ0n) is 12.3. The molecular weight excluding hydrogens is 367 g/mol. The Balaban J connectivity index is 2.38. The van der Waals surface area contributed by atoms with Gasteiger partial charge in [-0.3, -0.25) is 9.36 Å². The van der Waals surface area contributed by atoms with Crippen LogP contribution in [0.3, 0.4) is 0 Å². The SMILES string of the molecule is Cc1nsc2ccc(-n3c(=O)c(Cl)c(C(F)(F)F)n(C)c3=O)cc12. The first-order valence-corrected chi connectivity index (χ1v) is 7.73. The first kappa shape index (κ1) is 16.7. The van der Waals surface area contributed by atoms with Crippen molar-refractivity contribution in [1.82, 2.24) is 13.5 Å². The summed E-state index contributed by atoms with van der Waals surface area (Å²) in [5.74, 6) is 0. The van der Waals surface area contributed by atoms with Gasteiger partial charge in [-0.15, -0.1) is 0 Å². The van der Waals surface area contributed by atoms with Gasteiger partial charge in [0.1, 0.15) is 5.02 Å². The lowest BCUT2D eigenvalue weighted by Crippen LogP contribution is -2.41. The lowest BCUT2D eigenvalue weighted by Gasteiger charge is -2.15. The van der Waals surface area contributed by atoms with E-state index >= 15 is 0 Å². The molecule has 0 unspecified atom stereocenters. The summed E-state index contributed by atoms with van der Waals surface area (Å²) in [5.41, 5.74) is -2.99. The van der Waals surface area contributed by atoms with Crippen molar-refractivity contribution in [3.63, 3.8) is 0 Å². The summed E-state index contributed by atoms with van der Waals surface area (Å²) < 4.78 is 45.0. The maximum atomic E-state index is 13.0. The molecule has 0 aliphatic rings. The van der Waals surface area contributed by atoms with E-state index in [1.165, 1.54) is 23.7 Å². The van der Waals surface area contributed by atoms with Gasteiger partial charge in [-0.25, -0.2) is 9.36 Å². The van der Waals surface area contributed by atoms with Crippen LogP contribution in [0.5, 0.6) is 0 Å². The Morgan fingerprint density at radius 2 is 1.92 bits per heavy atom. The summed E-state index contributed by atoms with van der Waals surface area (Å²) in [6.45, 7) is 1.75. The molecular formula is C14H9ClF3N3O2S. The van der Waals surface area contributed by atoms with Gasteiger partial charge in [0.25, 0.3) is 5.56 Å². The first-order chi connectivity index (χ1) is 11.1. The minimum Gasteiger partial charge on any atom is -0.291 e. The Morgan fingerprint density at radius 3 is 2.54 bits per heavy atom. The number of hydrogen-bond donors (Lipinski definition) is 0. The summed E-state index contributed by atoms with van der Waals surface area (Å²) >= 11 is 6.86. The predicted molar refractivity (Wildman–Crippen MR) is 85.2 cm³/mol. The summed E-state index contributed by atoms with van der Waals surface area (Å²) in [5, 5.41) is -0.340. The molecule has 0 radical (unpaired) electrons. The topological polar surface area (TPSA) is 56.9 Å². The number of nitrogens with zero attached hydrogens (tertiary/aromatic N) is 3. The molecule has 2 heterocycles. The van der Waals surface area contributed by atoms with Crippen LogP contribution >= 0.6 is 23.1 Å². The molecule has 24 heavy (non-hydrogen) atoms. The molecule has 0 saturated carbocycles. The third-order valence-corrected chi connectivity index (χ3v) is 4.83. The number of alkyl halides is 3. The molecule has 0 saturated heterocycles. The van der Waals surface area contributed by atoms with Crippen LogP contribution in [0.25, 0.3) is 15.8 Å². The van der Waals surface area contributed by atoms with Crippen LogP contribution in [0.2, 0.25) is 5.02 Å². The molecule has 1 aromatic carbocycles. The summed E-state index contributed by atoms with van der Waals surface area (Å²) in [6.07, 6.45) is -4.92. The molecule has 3 aromatic rings. The second kappa shape index (κ2) is 5.45. The maximum Gasteiger partial charge on any atom is 0.433 e. The number of aryl methyl sites for hydroxylation is 1. The summed E-state index contributed by atoms with van der Waals surface area (Å²) in [7, 11) is 0.920. The van der Waals surface area contributed by atoms with E-state index in [1.807, 2.05) is 0 Å². The van der Waals surface area contributed by atoms with Crippen molar-refractivity contribution in [3.8, 4) is 5.69 Å². The van der Waals surface area contributed by atoms with Gasteiger partial charge in [-0.2, -0.15) is 17.5 Å². The Labute approximate surface area is 141 Å². The highest BCUT2D eigenvalue weighted by Gasteiger charge is 2.38. The van der Waals surface area contributed by atoms with E-state index in [-0.39, 0.29) is 5.69 Å². The molecule has 3 rings (SSSR count). The molecule has 0 N–H and O–H groups in total. The summed E-state index contributed by atoms with van der Waals surface area (Å²) in [6, 6.07) is 4.64. The van der Waals surface area contributed by atoms with Gasteiger partial charge < -0.3 is 0 Å². The molecule has 10 heteroatoms. The number of rotatable bonds is 1. The van der Waals surface area contributed by atoms with Crippen molar-refractivity contribution in [2.45, 2.75) is 13.1 Å². The van der Waals surface area contributed by atoms with Crippen molar-refractivity contribution in [1.29, 1.82) is 0 Å². The maximum absolute atomic E-state index is 13.0. The van der Waals surface area contributed by atoms with Crippen LogP contribution in [-0.4, -0.2) is 13.5 Å². The second-order valence-electron chi connectivity index (χ2n) is 5.09. The van der Waals surface area contributed by atoms with Crippen LogP contribution in [0, 0.1) is 6.92 Å². The molecule has 0 aliphatic heterocycles. The van der Waals surface area contributed by atoms with E-state index in [4.69, 9.17) is 11.6 Å². The van der Waals surface area contributed by atoms with E-state index in [0.717, 1.165) is 11.7 Å². The monoisotopic (exact) mass is 375 g/mol. The van der Waals surface area contributed by atoms with Crippen molar-refractivity contribution >= 4 is 33.2 Å². The number of benzene rings is 1. The minimum atomic E-state index is -4.92. The van der Waals surface area contributed by atoms with Crippen LogP contribution in [-0.2, 0) is 13.2 Å². The molecule has 0 bridgehead atoms. The predicted octanol–water partition coefficient (Wildman–Crippen LogP) is 3.13. The van der Waals surface area contributed by atoms with Crippen molar-refractivity contribution in [2.75, 3.05) is 0 Å². The number of halogens is 4. The molecule has 126 valence electrons. The van der Waals surface area contributed by atoms with Gasteiger partial charge >= 0.3 is 11.9 Å². The van der Waals surface area contributed by atoms with Gasteiger partial charge in [0.2, 0.25) is 0 Å². The standard InChI is InChI=1S/C14H9ClF3N3O2S/c1-6-8-5-7(3-4-9(8)24-19-6)21-12(22)10(15)11(14(16,17)18)20(2)13(21)23/h3-5H,1-2H3. The highest BCUT2D eigenvalue weighted by molar-refractivity contribution is 7.13. The third-order valence-electron chi connectivity index (χ3n) is 3.57.